The summed E-state index contributed by atoms with van der Waals surface area (Å²) in [6.45, 7) is 0.926. The quantitative estimate of drug-likeness (QED) is 0.868. The minimum absolute atomic E-state index is 0.111. The Bertz CT molecular complexity index is 520. The summed E-state index contributed by atoms with van der Waals surface area (Å²) in [7, 11) is 0. The highest BCUT2D eigenvalue weighted by Gasteiger charge is 2.43. The van der Waals surface area contributed by atoms with Crippen LogP contribution in [0.4, 0.5) is 0 Å². The van der Waals surface area contributed by atoms with E-state index in [0.29, 0.717) is 6.42 Å². The van der Waals surface area contributed by atoms with Crippen LogP contribution in [-0.4, -0.2) is 30.0 Å². The van der Waals surface area contributed by atoms with Crippen molar-refractivity contribution < 1.29 is 14.6 Å². The zero-order valence-electron chi connectivity index (χ0n) is 12.3. The molecule has 2 aliphatic rings. The van der Waals surface area contributed by atoms with Crippen LogP contribution in [0.15, 0.2) is 24.3 Å². The fraction of sp³-hybridized carbons (Fsp3) is 0.556. The van der Waals surface area contributed by atoms with Crippen molar-refractivity contribution in [3.8, 4) is 17.6 Å². The van der Waals surface area contributed by atoms with Gasteiger partial charge in [-0.3, -0.25) is 0 Å². The van der Waals surface area contributed by atoms with Crippen LogP contribution in [0.3, 0.4) is 0 Å². The van der Waals surface area contributed by atoms with E-state index in [-0.39, 0.29) is 18.3 Å². The molecule has 0 bridgehead atoms. The number of ether oxygens (including phenoxy) is 2. The van der Waals surface area contributed by atoms with E-state index in [1.54, 1.807) is 0 Å². The molecule has 1 saturated carbocycles. The summed E-state index contributed by atoms with van der Waals surface area (Å²) < 4.78 is 12.0. The highest BCUT2D eigenvalue weighted by Crippen LogP contribution is 2.43. The highest BCUT2D eigenvalue weighted by molar-refractivity contribution is 5.38. The molecule has 21 heavy (non-hydrogen) atoms. The number of aliphatic hydroxyl groups is 1. The lowest BCUT2D eigenvalue weighted by atomic mass is 9.74. The fourth-order valence-electron chi connectivity index (χ4n) is 3.03. The van der Waals surface area contributed by atoms with Gasteiger partial charge in [0, 0.05) is 24.8 Å². The van der Waals surface area contributed by atoms with E-state index in [1.807, 2.05) is 24.3 Å². The normalized spacial score (nSPS) is 23.0. The zero-order chi connectivity index (χ0) is 14.5. The first kappa shape index (κ1) is 14.4. The molecule has 0 aromatic heterocycles. The fourth-order valence-corrected chi connectivity index (χ4v) is 3.03. The predicted molar refractivity (Wildman–Crippen MR) is 81.2 cm³/mol. The second-order valence-electron chi connectivity index (χ2n) is 5.92. The second kappa shape index (κ2) is 6.51. The van der Waals surface area contributed by atoms with Crippen LogP contribution in [0, 0.1) is 11.8 Å². The molecule has 1 atom stereocenters. The van der Waals surface area contributed by atoms with Crippen LogP contribution < -0.4 is 4.74 Å². The molecule has 3 heteroatoms. The van der Waals surface area contributed by atoms with Gasteiger partial charge in [-0.1, -0.05) is 11.8 Å². The van der Waals surface area contributed by atoms with Gasteiger partial charge in [-0.25, -0.2) is 0 Å². The smallest absolute Gasteiger partial charge is 0.119 e. The standard InChI is InChI=1S/C18H22O3/c19-12-2-1-4-15-5-7-16(8-6-15)21-17-9-13-20-18(14-17)10-3-11-18/h5-8,17,19H,2-3,9-14H2. The maximum absolute atomic E-state index is 8.71. The Balaban J connectivity index is 1.56. The summed E-state index contributed by atoms with van der Waals surface area (Å²) in [5, 5.41) is 8.71. The molecule has 1 aromatic carbocycles. The van der Waals surface area contributed by atoms with Gasteiger partial charge in [0.25, 0.3) is 0 Å². The summed E-state index contributed by atoms with van der Waals surface area (Å²) in [5.41, 5.74) is 1.08. The van der Waals surface area contributed by atoms with Crippen molar-refractivity contribution >= 4 is 0 Å². The molecule has 1 N–H and O–H groups in total. The van der Waals surface area contributed by atoms with E-state index in [4.69, 9.17) is 14.6 Å². The number of rotatable bonds is 3. The Morgan fingerprint density at radius 3 is 2.76 bits per heavy atom. The number of hydrogen-bond donors (Lipinski definition) is 1. The lowest BCUT2D eigenvalue weighted by Gasteiger charge is -2.46. The Hall–Kier alpha value is -1.50. The average Bonchev–Trinajstić information content (AvgIpc) is 2.48. The van der Waals surface area contributed by atoms with Gasteiger partial charge >= 0.3 is 0 Å². The predicted octanol–water partition coefficient (Wildman–Crippen LogP) is 2.90. The number of hydrogen-bond acceptors (Lipinski definition) is 3. The maximum atomic E-state index is 8.71. The van der Waals surface area contributed by atoms with Gasteiger partial charge in [-0.2, -0.15) is 0 Å². The molecule has 0 radical (unpaired) electrons. The molecule has 1 aromatic rings. The highest BCUT2D eigenvalue weighted by atomic mass is 16.5. The van der Waals surface area contributed by atoms with Gasteiger partial charge in [0.2, 0.25) is 0 Å². The molecule has 1 unspecified atom stereocenters. The lowest BCUT2D eigenvalue weighted by molar-refractivity contribution is -0.153. The van der Waals surface area contributed by atoms with Crippen LogP contribution in [-0.2, 0) is 4.74 Å². The molecule has 1 spiro atoms. The zero-order valence-corrected chi connectivity index (χ0v) is 12.3. The summed E-state index contributed by atoms with van der Waals surface area (Å²) in [5.74, 6) is 6.85. The number of aliphatic hydroxyl groups excluding tert-OH is 1. The van der Waals surface area contributed by atoms with E-state index in [9.17, 15) is 0 Å². The molecule has 1 saturated heterocycles. The molecule has 112 valence electrons. The van der Waals surface area contributed by atoms with Crippen molar-refractivity contribution in [1.82, 2.24) is 0 Å². The van der Waals surface area contributed by atoms with Crippen LogP contribution in [0.25, 0.3) is 0 Å². The van der Waals surface area contributed by atoms with Gasteiger partial charge in [-0.15, -0.1) is 0 Å². The van der Waals surface area contributed by atoms with Gasteiger partial charge in [0.15, 0.2) is 0 Å². The van der Waals surface area contributed by atoms with E-state index in [1.165, 1.54) is 19.3 Å². The van der Waals surface area contributed by atoms with Crippen molar-refractivity contribution in [3.05, 3.63) is 29.8 Å². The Morgan fingerprint density at radius 2 is 2.10 bits per heavy atom. The SMILES string of the molecule is OCCC#Cc1ccc(OC2CCOC3(CCC3)C2)cc1. The third-order valence-corrected chi connectivity index (χ3v) is 4.34. The molecule has 3 rings (SSSR count). The van der Waals surface area contributed by atoms with Gasteiger partial charge in [0.1, 0.15) is 11.9 Å². The Kier molecular flexibility index (Phi) is 4.48. The van der Waals surface area contributed by atoms with Crippen molar-refractivity contribution in [2.24, 2.45) is 0 Å². The third kappa shape index (κ3) is 3.58. The number of benzene rings is 1. The Morgan fingerprint density at radius 1 is 1.29 bits per heavy atom. The first-order valence-electron chi connectivity index (χ1n) is 7.80. The van der Waals surface area contributed by atoms with Crippen LogP contribution in [0.2, 0.25) is 0 Å². The largest absolute Gasteiger partial charge is 0.490 e. The summed E-state index contributed by atoms with van der Waals surface area (Å²) in [6.07, 6.45) is 6.44. The minimum Gasteiger partial charge on any atom is -0.490 e. The van der Waals surface area contributed by atoms with E-state index < -0.39 is 0 Å². The van der Waals surface area contributed by atoms with Crippen molar-refractivity contribution in [3.63, 3.8) is 0 Å². The minimum atomic E-state index is 0.111. The maximum Gasteiger partial charge on any atom is 0.119 e. The van der Waals surface area contributed by atoms with E-state index in [0.717, 1.165) is 30.8 Å². The van der Waals surface area contributed by atoms with Crippen molar-refractivity contribution in [1.29, 1.82) is 0 Å². The topological polar surface area (TPSA) is 38.7 Å². The van der Waals surface area contributed by atoms with Gasteiger partial charge in [0.05, 0.1) is 18.8 Å². The molecular formula is C18H22O3. The molecule has 1 aliphatic carbocycles. The first-order valence-corrected chi connectivity index (χ1v) is 7.80. The monoisotopic (exact) mass is 286 g/mol. The lowest BCUT2D eigenvalue weighted by Crippen LogP contribution is -2.48. The molecule has 2 fully saturated rings. The molecule has 1 heterocycles. The molecular weight excluding hydrogens is 264 g/mol. The summed E-state index contributed by atoms with van der Waals surface area (Å²) in [4.78, 5) is 0. The molecule has 0 amide bonds. The van der Waals surface area contributed by atoms with E-state index >= 15 is 0 Å². The summed E-state index contributed by atoms with van der Waals surface area (Å²) in [6, 6.07) is 7.90. The van der Waals surface area contributed by atoms with Crippen LogP contribution in [0.5, 0.6) is 5.75 Å². The van der Waals surface area contributed by atoms with Gasteiger partial charge in [-0.05, 0) is 43.5 Å². The van der Waals surface area contributed by atoms with E-state index in [2.05, 4.69) is 11.8 Å². The second-order valence-corrected chi connectivity index (χ2v) is 5.92. The first-order chi connectivity index (χ1) is 10.3. The van der Waals surface area contributed by atoms with Crippen molar-refractivity contribution in [2.45, 2.75) is 50.2 Å². The third-order valence-electron chi connectivity index (χ3n) is 4.34. The van der Waals surface area contributed by atoms with Crippen molar-refractivity contribution in [2.75, 3.05) is 13.2 Å². The van der Waals surface area contributed by atoms with Gasteiger partial charge < -0.3 is 14.6 Å². The van der Waals surface area contributed by atoms with Crippen LogP contribution in [0.1, 0.15) is 44.1 Å². The molecule has 3 nitrogen and oxygen atoms in total. The summed E-state index contributed by atoms with van der Waals surface area (Å²) >= 11 is 0. The average molecular weight is 286 g/mol. The molecule has 1 aliphatic heterocycles. The van der Waals surface area contributed by atoms with Crippen LogP contribution >= 0.6 is 0 Å². The Labute approximate surface area is 126 Å².